The molecule has 1 heterocycles. The number of hydrogen-bond acceptors (Lipinski definition) is 4. The highest BCUT2D eigenvalue weighted by Gasteiger charge is 2.18. The molecule has 0 spiro atoms. The van der Waals surface area contributed by atoms with Crippen LogP contribution in [0.25, 0.3) is 0 Å². The predicted molar refractivity (Wildman–Crippen MR) is 99.2 cm³/mol. The molecule has 0 saturated heterocycles. The number of carbonyl (C=O) groups excluding carboxylic acids is 1. The summed E-state index contributed by atoms with van der Waals surface area (Å²) in [7, 11) is 1.55. The third kappa shape index (κ3) is 4.40. The van der Waals surface area contributed by atoms with Crippen LogP contribution in [-0.4, -0.2) is 19.6 Å². The summed E-state index contributed by atoms with van der Waals surface area (Å²) in [6.45, 7) is -0.149. The Morgan fingerprint density at radius 2 is 1.81 bits per heavy atom. The van der Waals surface area contributed by atoms with E-state index < -0.39 is 0 Å². The standard InChI is InChI=1S/C20H18FNO3S/c1-24-16-5-2-3-6-17(16)25-13-19(23)22-20(18-7-4-12-26-18)14-8-10-15(21)11-9-14/h2-12,20H,13H2,1H3,(H,22,23). The normalized spacial score (nSPS) is 11.6. The molecule has 0 fully saturated rings. The lowest BCUT2D eigenvalue weighted by Gasteiger charge is -2.18. The van der Waals surface area contributed by atoms with Crippen LogP contribution in [-0.2, 0) is 4.79 Å². The maximum Gasteiger partial charge on any atom is 0.258 e. The van der Waals surface area contributed by atoms with Crippen molar-refractivity contribution in [2.45, 2.75) is 6.04 Å². The fourth-order valence-electron chi connectivity index (χ4n) is 2.51. The lowest BCUT2D eigenvalue weighted by Crippen LogP contribution is -2.33. The van der Waals surface area contributed by atoms with Gasteiger partial charge in [-0.1, -0.05) is 30.3 Å². The van der Waals surface area contributed by atoms with Gasteiger partial charge < -0.3 is 14.8 Å². The molecule has 1 atom stereocenters. The van der Waals surface area contributed by atoms with Gasteiger partial charge in [-0.15, -0.1) is 11.3 Å². The number of amides is 1. The van der Waals surface area contributed by atoms with Crippen LogP contribution in [0.4, 0.5) is 4.39 Å². The Morgan fingerprint density at radius 3 is 2.46 bits per heavy atom. The van der Waals surface area contributed by atoms with E-state index in [0.717, 1.165) is 10.4 Å². The van der Waals surface area contributed by atoms with E-state index in [9.17, 15) is 9.18 Å². The van der Waals surface area contributed by atoms with Gasteiger partial charge in [0.25, 0.3) is 5.91 Å². The smallest absolute Gasteiger partial charge is 0.258 e. The fraction of sp³-hybridized carbons (Fsp3) is 0.150. The molecule has 0 aliphatic carbocycles. The minimum Gasteiger partial charge on any atom is -0.493 e. The fourth-order valence-corrected chi connectivity index (χ4v) is 3.32. The van der Waals surface area contributed by atoms with Gasteiger partial charge in [0.15, 0.2) is 18.1 Å². The molecule has 1 amide bonds. The molecule has 0 aliphatic rings. The number of thiophene rings is 1. The summed E-state index contributed by atoms with van der Waals surface area (Å²) in [4.78, 5) is 13.4. The van der Waals surface area contributed by atoms with Gasteiger partial charge in [0, 0.05) is 4.88 Å². The van der Waals surface area contributed by atoms with Crippen molar-refractivity contribution in [1.82, 2.24) is 5.32 Å². The van der Waals surface area contributed by atoms with Gasteiger partial charge in [-0.25, -0.2) is 4.39 Å². The van der Waals surface area contributed by atoms with Gasteiger partial charge in [-0.05, 0) is 41.3 Å². The molecule has 1 aromatic heterocycles. The molecule has 0 aliphatic heterocycles. The summed E-state index contributed by atoms with van der Waals surface area (Å²) in [6, 6.07) is 16.7. The average molecular weight is 371 g/mol. The Hall–Kier alpha value is -2.86. The summed E-state index contributed by atoms with van der Waals surface area (Å²) >= 11 is 1.52. The quantitative estimate of drug-likeness (QED) is 0.678. The molecule has 6 heteroatoms. The van der Waals surface area contributed by atoms with Crippen molar-refractivity contribution < 1.29 is 18.7 Å². The molecule has 1 N–H and O–H groups in total. The summed E-state index contributed by atoms with van der Waals surface area (Å²) < 4.78 is 24.0. The second-order valence-corrected chi connectivity index (χ2v) is 6.49. The first-order valence-corrected chi connectivity index (χ1v) is 8.89. The zero-order valence-electron chi connectivity index (χ0n) is 14.1. The van der Waals surface area contributed by atoms with Crippen LogP contribution < -0.4 is 14.8 Å². The van der Waals surface area contributed by atoms with E-state index >= 15 is 0 Å². The van der Waals surface area contributed by atoms with Gasteiger partial charge in [0.2, 0.25) is 0 Å². The van der Waals surface area contributed by atoms with Crippen LogP contribution in [0.3, 0.4) is 0 Å². The summed E-state index contributed by atoms with van der Waals surface area (Å²) in [5.41, 5.74) is 0.805. The van der Waals surface area contributed by atoms with Crippen molar-refractivity contribution >= 4 is 17.2 Å². The maximum atomic E-state index is 13.2. The lowest BCUT2D eigenvalue weighted by molar-refractivity contribution is -0.123. The third-order valence-corrected chi connectivity index (χ3v) is 4.70. The van der Waals surface area contributed by atoms with Crippen LogP contribution in [0.5, 0.6) is 11.5 Å². The Kier molecular flexibility index (Phi) is 5.86. The zero-order chi connectivity index (χ0) is 18.4. The maximum absolute atomic E-state index is 13.2. The number of methoxy groups -OCH3 is 1. The molecular formula is C20H18FNO3S. The van der Waals surface area contributed by atoms with Crippen molar-refractivity contribution in [3.63, 3.8) is 0 Å². The summed E-state index contributed by atoms with van der Waals surface area (Å²) in [5, 5.41) is 4.88. The second kappa shape index (κ2) is 8.49. The number of para-hydroxylation sites is 2. The van der Waals surface area contributed by atoms with E-state index in [1.807, 2.05) is 29.6 Å². The highest BCUT2D eigenvalue weighted by molar-refractivity contribution is 7.10. The zero-order valence-corrected chi connectivity index (χ0v) is 15.0. The largest absolute Gasteiger partial charge is 0.493 e. The number of ether oxygens (including phenoxy) is 2. The Balaban J connectivity index is 1.70. The number of benzene rings is 2. The van der Waals surface area contributed by atoms with E-state index in [1.54, 1.807) is 31.4 Å². The first-order valence-electron chi connectivity index (χ1n) is 8.01. The Bertz CT molecular complexity index is 850. The third-order valence-electron chi connectivity index (χ3n) is 3.76. The summed E-state index contributed by atoms with van der Waals surface area (Å²) in [6.07, 6.45) is 0. The van der Waals surface area contributed by atoms with Gasteiger partial charge >= 0.3 is 0 Å². The molecule has 3 rings (SSSR count). The van der Waals surface area contributed by atoms with Crippen molar-refractivity contribution in [1.29, 1.82) is 0 Å². The Morgan fingerprint density at radius 1 is 1.08 bits per heavy atom. The average Bonchev–Trinajstić information content (AvgIpc) is 3.20. The SMILES string of the molecule is COc1ccccc1OCC(=O)NC(c1ccc(F)cc1)c1cccs1. The first kappa shape index (κ1) is 17.9. The second-order valence-electron chi connectivity index (χ2n) is 5.51. The van der Waals surface area contributed by atoms with Crippen molar-refractivity contribution in [2.75, 3.05) is 13.7 Å². The van der Waals surface area contributed by atoms with E-state index in [4.69, 9.17) is 9.47 Å². The van der Waals surface area contributed by atoms with Crippen LogP contribution in [0.15, 0.2) is 66.0 Å². The monoisotopic (exact) mass is 371 g/mol. The number of nitrogens with one attached hydrogen (secondary N) is 1. The van der Waals surface area contributed by atoms with E-state index in [-0.39, 0.29) is 24.4 Å². The van der Waals surface area contributed by atoms with Gasteiger partial charge in [0.1, 0.15) is 5.82 Å². The molecule has 134 valence electrons. The highest BCUT2D eigenvalue weighted by atomic mass is 32.1. The minimum absolute atomic E-state index is 0.149. The molecular weight excluding hydrogens is 353 g/mol. The molecule has 3 aromatic rings. The molecule has 0 bridgehead atoms. The molecule has 0 radical (unpaired) electrons. The first-order chi connectivity index (χ1) is 12.7. The minimum atomic E-state index is -0.357. The van der Waals surface area contributed by atoms with Crippen LogP contribution in [0, 0.1) is 5.82 Å². The number of carbonyl (C=O) groups is 1. The molecule has 4 nitrogen and oxygen atoms in total. The summed E-state index contributed by atoms with van der Waals surface area (Å²) in [5.74, 6) is 0.469. The highest BCUT2D eigenvalue weighted by Crippen LogP contribution is 2.27. The van der Waals surface area contributed by atoms with Crippen molar-refractivity contribution in [2.24, 2.45) is 0 Å². The van der Waals surface area contributed by atoms with Crippen LogP contribution >= 0.6 is 11.3 Å². The van der Waals surface area contributed by atoms with Crippen LogP contribution in [0.2, 0.25) is 0 Å². The topological polar surface area (TPSA) is 47.6 Å². The van der Waals surface area contributed by atoms with Gasteiger partial charge in [-0.3, -0.25) is 4.79 Å². The van der Waals surface area contributed by atoms with Crippen molar-refractivity contribution in [3.8, 4) is 11.5 Å². The molecule has 1 unspecified atom stereocenters. The number of halogens is 1. The number of rotatable bonds is 7. The van der Waals surface area contributed by atoms with Crippen molar-refractivity contribution in [3.05, 3.63) is 82.3 Å². The van der Waals surface area contributed by atoms with E-state index in [2.05, 4.69) is 5.32 Å². The Labute approximate surface area is 155 Å². The molecule has 2 aromatic carbocycles. The molecule has 0 saturated carbocycles. The van der Waals surface area contributed by atoms with E-state index in [0.29, 0.717) is 11.5 Å². The van der Waals surface area contributed by atoms with Gasteiger partial charge in [-0.2, -0.15) is 0 Å². The predicted octanol–water partition coefficient (Wildman–Crippen LogP) is 4.18. The van der Waals surface area contributed by atoms with Gasteiger partial charge in [0.05, 0.1) is 13.2 Å². The molecule has 26 heavy (non-hydrogen) atoms. The number of hydrogen-bond donors (Lipinski definition) is 1. The van der Waals surface area contributed by atoms with Crippen LogP contribution in [0.1, 0.15) is 16.5 Å². The van der Waals surface area contributed by atoms with E-state index in [1.165, 1.54) is 23.5 Å². The lowest BCUT2D eigenvalue weighted by atomic mass is 10.1.